The monoisotopic (exact) mass is 465 g/mol. The van der Waals surface area contributed by atoms with Gasteiger partial charge in [0.15, 0.2) is 5.78 Å². The van der Waals surface area contributed by atoms with Crippen LogP contribution >= 0.6 is 46.7 Å². The van der Waals surface area contributed by atoms with Gasteiger partial charge in [-0.2, -0.15) is 5.26 Å². The third-order valence-corrected chi connectivity index (χ3v) is 4.87. The molecule has 0 heterocycles. The summed E-state index contributed by atoms with van der Waals surface area (Å²) < 4.78 is 25.9. The number of halogens is 4. The minimum absolute atomic E-state index is 0.0972. The Morgan fingerprint density at radius 2 is 1.61 bits per heavy atom. The zero-order valence-corrected chi connectivity index (χ0v) is 18.3. The van der Waals surface area contributed by atoms with Crippen molar-refractivity contribution in [3.8, 4) is 6.07 Å². The molecule has 0 unspecified atom stereocenters. The van der Waals surface area contributed by atoms with Gasteiger partial charge < -0.3 is 11.5 Å². The van der Waals surface area contributed by atoms with E-state index >= 15 is 0 Å². The third kappa shape index (κ3) is 9.02. The van der Waals surface area contributed by atoms with Gasteiger partial charge in [0.1, 0.15) is 17.5 Å². The van der Waals surface area contributed by atoms with Gasteiger partial charge in [0.05, 0.1) is 11.9 Å². The average Bonchev–Trinajstić information content (AvgIpc) is 2.68. The number of ketones is 1. The maximum Gasteiger partial charge on any atom is 0.179 e. The summed E-state index contributed by atoms with van der Waals surface area (Å²) in [5, 5.41) is 7.49. The van der Waals surface area contributed by atoms with Crippen LogP contribution in [0.1, 0.15) is 10.4 Å². The van der Waals surface area contributed by atoms with Crippen LogP contribution < -0.4 is 11.5 Å². The van der Waals surface area contributed by atoms with Gasteiger partial charge in [-0.3, -0.25) is 4.79 Å². The summed E-state index contributed by atoms with van der Waals surface area (Å²) in [6.07, 6.45) is 3.55. The van der Waals surface area contributed by atoms with Crippen LogP contribution in [0, 0.1) is 23.0 Å². The minimum atomic E-state index is -0.416. The highest BCUT2D eigenvalue weighted by Gasteiger charge is 2.12. The van der Waals surface area contributed by atoms with Crippen molar-refractivity contribution in [3.63, 3.8) is 0 Å². The largest absolute Gasteiger partial charge is 0.399 e. The summed E-state index contributed by atoms with van der Waals surface area (Å²) in [6.45, 7) is 0. The van der Waals surface area contributed by atoms with Gasteiger partial charge in [0.2, 0.25) is 0 Å². The van der Waals surface area contributed by atoms with Crippen molar-refractivity contribution in [3.05, 3.63) is 47.5 Å². The number of benzene rings is 2. The summed E-state index contributed by atoms with van der Waals surface area (Å²) in [5.74, 6) is -1.00. The van der Waals surface area contributed by atoms with Gasteiger partial charge in [-0.05, 0) is 42.8 Å². The summed E-state index contributed by atoms with van der Waals surface area (Å²) in [4.78, 5) is 12.3. The Morgan fingerprint density at radius 1 is 1.07 bits per heavy atom. The molecule has 28 heavy (non-hydrogen) atoms. The van der Waals surface area contributed by atoms with Crippen LogP contribution in [0.25, 0.3) is 0 Å². The first-order chi connectivity index (χ1) is 13.2. The van der Waals surface area contributed by atoms with E-state index in [0.717, 1.165) is 6.07 Å². The normalized spacial score (nSPS) is 9.32. The Kier molecular flexibility index (Phi) is 13.5. The van der Waals surface area contributed by atoms with Crippen molar-refractivity contribution in [2.45, 2.75) is 9.79 Å². The molecular weight excluding hydrogens is 447 g/mol. The molecule has 0 amide bonds. The number of Topliss-reactive ketones (excluding diaryl/α,β-unsaturated/α-hetero) is 1. The topological polar surface area (TPSA) is 92.9 Å². The molecule has 0 atom stereocenters. The highest BCUT2D eigenvalue weighted by Crippen LogP contribution is 2.25. The molecule has 0 aliphatic rings. The molecule has 2 rings (SSSR count). The molecule has 0 aromatic heterocycles. The lowest BCUT2D eigenvalue weighted by molar-refractivity contribution is 0.102. The van der Waals surface area contributed by atoms with E-state index in [-0.39, 0.29) is 34.6 Å². The number of thioether (sulfide) groups is 2. The molecule has 0 radical (unpaired) electrons. The van der Waals surface area contributed by atoms with E-state index in [9.17, 15) is 13.6 Å². The molecule has 4 nitrogen and oxygen atoms in total. The van der Waals surface area contributed by atoms with E-state index in [0.29, 0.717) is 15.5 Å². The van der Waals surface area contributed by atoms with Crippen LogP contribution in [0.3, 0.4) is 0 Å². The molecule has 0 spiro atoms. The lowest BCUT2D eigenvalue weighted by Crippen LogP contribution is -2.06. The molecule has 0 fully saturated rings. The SMILES string of the molecule is CSc1cc(C(=O)CCl)c(N)cc1F.CSc1ccc(N)cc1F.N#CCCl. The van der Waals surface area contributed by atoms with Crippen molar-refractivity contribution in [2.24, 2.45) is 0 Å². The Labute approximate surface area is 181 Å². The fourth-order valence-corrected chi connectivity index (χ4v) is 2.81. The van der Waals surface area contributed by atoms with E-state index in [2.05, 4.69) is 0 Å². The zero-order valence-electron chi connectivity index (χ0n) is 15.1. The quantitative estimate of drug-likeness (QED) is 0.270. The Balaban J connectivity index is 0.000000454. The van der Waals surface area contributed by atoms with Crippen molar-refractivity contribution in [2.75, 3.05) is 35.7 Å². The number of rotatable bonds is 4. The minimum Gasteiger partial charge on any atom is -0.399 e. The van der Waals surface area contributed by atoms with Crippen molar-refractivity contribution >= 4 is 63.9 Å². The Hall–Kier alpha value is -1.66. The molecule has 0 aliphatic carbocycles. The molecule has 0 saturated carbocycles. The highest BCUT2D eigenvalue weighted by atomic mass is 35.5. The van der Waals surface area contributed by atoms with Gasteiger partial charge in [-0.25, -0.2) is 8.78 Å². The van der Waals surface area contributed by atoms with Crippen molar-refractivity contribution < 1.29 is 13.6 Å². The number of carbonyl (C=O) groups excluding carboxylic acids is 1. The lowest BCUT2D eigenvalue weighted by atomic mass is 10.1. The average molecular weight is 466 g/mol. The standard InChI is InChI=1S/C9H9ClFNOS.C7H8FNS.C2H2ClN/c1-14-9-2-5(8(13)4-10)7(12)3-6(9)11;1-10-7-3-2-5(9)4-6(7)8;3-1-2-4/h2-3H,4,12H2,1H3;2-4H,9H2,1H3;1H2. The predicted molar refractivity (Wildman–Crippen MR) is 117 cm³/mol. The smallest absolute Gasteiger partial charge is 0.179 e. The fraction of sp³-hybridized carbons (Fsp3) is 0.222. The van der Waals surface area contributed by atoms with Gasteiger partial charge >= 0.3 is 0 Å². The third-order valence-electron chi connectivity index (χ3n) is 2.98. The van der Waals surface area contributed by atoms with Crippen molar-refractivity contribution in [1.82, 2.24) is 0 Å². The van der Waals surface area contributed by atoms with Gasteiger partial charge in [-0.15, -0.1) is 46.7 Å². The van der Waals surface area contributed by atoms with E-state index < -0.39 is 5.82 Å². The van der Waals surface area contributed by atoms with Crippen LogP contribution in [-0.2, 0) is 0 Å². The van der Waals surface area contributed by atoms with Gasteiger partial charge in [-0.1, -0.05) is 0 Å². The molecule has 2 aromatic carbocycles. The number of nitrogen functional groups attached to an aromatic ring is 2. The molecule has 2 aromatic rings. The van der Waals surface area contributed by atoms with Gasteiger partial charge in [0, 0.05) is 26.7 Å². The number of anilines is 2. The first kappa shape index (κ1) is 26.3. The first-order valence-corrected chi connectivity index (χ1v) is 11.0. The Bertz CT molecular complexity index is 833. The Morgan fingerprint density at radius 3 is 2.04 bits per heavy atom. The second-order valence-corrected chi connectivity index (χ2v) is 7.05. The van der Waals surface area contributed by atoms with Crippen molar-refractivity contribution in [1.29, 1.82) is 5.26 Å². The number of hydrogen-bond acceptors (Lipinski definition) is 6. The fourth-order valence-electron chi connectivity index (χ4n) is 1.72. The van der Waals surface area contributed by atoms with E-state index in [1.54, 1.807) is 24.5 Å². The number of nitrogens with zero attached hydrogens (tertiary/aromatic N) is 1. The van der Waals surface area contributed by atoms with Crippen LogP contribution in [0.5, 0.6) is 0 Å². The summed E-state index contributed by atoms with van der Waals surface area (Å²) >= 11 is 12.8. The lowest BCUT2D eigenvalue weighted by Gasteiger charge is -2.06. The molecule has 4 N–H and O–H groups in total. The summed E-state index contributed by atoms with van der Waals surface area (Å²) in [5.41, 5.74) is 11.7. The predicted octanol–water partition coefficient (Wildman–Crippen LogP) is 5.43. The summed E-state index contributed by atoms with van der Waals surface area (Å²) in [6, 6.07) is 8.96. The maximum atomic E-state index is 13.2. The van der Waals surface area contributed by atoms with E-state index in [1.807, 2.05) is 6.26 Å². The highest BCUT2D eigenvalue weighted by molar-refractivity contribution is 7.98. The second kappa shape index (κ2) is 14.4. The summed E-state index contributed by atoms with van der Waals surface area (Å²) in [7, 11) is 0. The van der Waals surface area contributed by atoms with E-state index in [4.69, 9.17) is 39.9 Å². The molecule has 152 valence electrons. The molecule has 0 bridgehead atoms. The maximum absolute atomic E-state index is 13.2. The molecular formula is C18H19Cl2F2N3OS2. The molecule has 0 aliphatic heterocycles. The molecule has 0 saturated heterocycles. The number of nitriles is 1. The van der Waals surface area contributed by atoms with Crippen LogP contribution in [0.4, 0.5) is 20.2 Å². The van der Waals surface area contributed by atoms with E-state index in [1.165, 1.54) is 35.7 Å². The number of carbonyl (C=O) groups is 1. The number of nitrogens with two attached hydrogens (primary N) is 2. The van der Waals surface area contributed by atoms with Gasteiger partial charge in [0.25, 0.3) is 0 Å². The molecule has 10 heteroatoms. The zero-order chi connectivity index (χ0) is 21.7. The van der Waals surface area contributed by atoms with Crippen LogP contribution in [0.15, 0.2) is 40.1 Å². The second-order valence-electron chi connectivity index (χ2n) is 4.82. The number of alkyl halides is 2. The number of hydrogen-bond donors (Lipinski definition) is 2. The first-order valence-electron chi connectivity index (χ1n) is 7.49. The van der Waals surface area contributed by atoms with Crippen LogP contribution in [-0.4, -0.2) is 30.1 Å². The van der Waals surface area contributed by atoms with Crippen LogP contribution in [0.2, 0.25) is 0 Å².